The van der Waals surface area contributed by atoms with E-state index in [2.05, 4.69) is 15.6 Å². The minimum Gasteiger partial charge on any atom is -0.497 e. The number of nitrogens with one attached hydrogen (secondary N) is 2. The first-order chi connectivity index (χ1) is 10.3. The number of methoxy groups -OCH3 is 2. The fourth-order valence-electron chi connectivity index (χ4n) is 1.65. The zero-order valence-corrected chi connectivity index (χ0v) is 15.8. The van der Waals surface area contributed by atoms with Crippen molar-refractivity contribution in [2.45, 2.75) is 6.42 Å². The maximum atomic E-state index is 5.62. The molecule has 2 N–H and O–H groups in total. The third-order valence-electron chi connectivity index (χ3n) is 2.76. The molecule has 0 heterocycles. The number of aliphatic imine (C=N–C) groups is 1. The third kappa shape index (κ3) is 8.93. The molecular weight excluding hydrogens is 397 g/mol. The van der Waals surface area contributed by atoms with Gasteiger partial charge in [0.1, 0.15) is 18.1 Å². The second-order valence-corrected chi connectivity index (χ2v) is 4.30. The van der Waals surface area contributed by atoms with Crippen LogP contribution < -0.4 is 20.1 Å². The maximum absolute atomic E-state index is 5.62. The molecule has 1 aromatic carbocycles. The number of ether oxygens (including phenoxy) is 3. The minimum atomic E-state index is 0. The van der Waals surface area contributed by atoms with E-state index < -0.39 is 0 Å². The summed E-state index contributed by atoms with van der Waals surface area (Å²) in [5.41, 5.74) is 0. The summed E-state index contributed by atoms with van der Waals surface area (Å²) in [6.45, 7) is 2.80. The normalized spacial score (nSPS) is 10.6. The Morgan fingerprint density at radius 2 is 1.64 bits per heavy atom. The van der Waals surface area contributed by atoms with E-state index in [1.165, 1.54) is 0 Å². The molecule has 0 spiro atoms. The van der Waals surface area contributed by atoms with Crippen molar-refractivity contribution in [3.63, 3.8) is 0 Å². The van der Waals surface area contributed by atoms with Crippen LogP contribution in [0.25, 0.3) is 0 Å². The molecule has 126 valence electrons. The molecule has 0 aliphatic rings. The number of benzene rings is 1. The molecule has 0 aliphatic carbocycles. The monoisotopic (exact) mass is 423 g/mol. The average molecular weight is 423 g/mol. The van der Waals surface area contributed by atoms with Gasteiger partial charge < -0.3 is 24.8 Å². The molecule has 0 bridgehead atoms. The van der Waals surface area contributed by atoms with Gasteiger partial charge >= 0.3 is 0 Å². The van der Waals surface area contributed by atoms with Gasteiger partial charge in [0.2, 0.25) is 0 Å². The van der Waals surface area contributed by atoms with E-state index in [1.54, 1.807) is 21.3 Å². The Balaban J connectivity index is 0.00000441. The number of halogens is 1. The smallest absolute Gasteiger partial charge is 0.191 e. The Labute approximate surface area is 149 Å². The lowest BCUT2D eigenvalue weighted by Crippen LogP contribution is -2.39. The molecular formula is C15H26IN3O3. The van der Waals surface area contributed by atoms with Crippen molar-refractivity contribution in [2.75, 3.05) is 47.6 Å². The Hall–Kier alpha value is -1.22. The van der Waals surface area contributed by atoms with Crippen LogP contribution in [0.1, 0.15) is 6.42 Å². The van der Waals surface area contributed by atoms with Crippen LogP contribution in [-0.2, 0) is 4.74 Å². The Bertz CT molecular complexity index is 413. The quantitative estimate of drug-likeness (QED) is 0.275. The predicted octanol–water partition coefficient (Wildman–Crippen LogP) is 1.89. The first-order valence-corrected chi connectivity index (χ1v) is 7.00. The number of hydrogen-bond donors (Lipinski definition) is 2. The highest BCUT2D eigenvalue weighted by Crippen LogP contribution is 2.16. The van der Waals surface area contributed by atoms with Gasteiger partial charge in [0.15, 0.2) is 5.96 Å². The Morgan fingerprint density at radius 3 is 2.23 bits per heavy atom. The molecule has 0 atom stereocenters. The molecule has 0 amide bonds. The summed E-state index contributed by atoms with van der Waals surface area (Å²) in [6, 6.07) is 7.52. The number of nitrogens with zero attached hydrogens (tertiary/aromatic N) is 1. The zero-order chi connectivity index (χ0) is 15.3. The van der Waals surface area contributed by atoms with Gasteiger partial charge in [-0.2, -0.15) is 0 Å². The molecule has 1 aromatic rings. The highest BCUT2D eigenvalue weighted by Gasteiger charge is 1.98. The first-order valence-electron chi connectivity index (χ1n) is 7.00. The summed E-state index contributed by atoms with van der Waals surface area (Å²) in [4.78, 5) is 4.13. The SMILES string of the molecule is CN=C(NCCCOC)NCCOc1ccc(OC)cc1.I. The van der Waals surface area contributed by atoms with Crippen molar-refractivity contribution in [3.05, 3.63) is 24.3 Å². The van der Waals surface area contributed by atoms with Crippen LogP contribution >= 0.6 is 24.0 Å². The Kier molecular flexibility index (Phi) is 12.7. The summed E-state index contributed by atoms with van der Waals surface area (Å²) in [6.07, 6.45) is 0.944. The van der Waals surface area contributed by atoms with Gasteiger partial charge in [0.05, 0.1) is 13.7 Å². The molecule has 22 heavy (non-hydrogen) atoms. The second kappa shape index (κ2) is 13.4. The molecule has 6 nitrogen and oxygen atoms in total. The summed E-state index contributed by atoms with van der Waals surface area (Å²) in [5, 5.41) is 6.39. The zero-order valence-electron chi connectivity index (χ0n) is 13.4. The molecule has 0 unspecified atom stereocenters. The minimum absolute atomic E-state index is 0. The van der Waals surface area contributed by atoms with Gasteiger partial charge in [0.25, 0.3) is 0 Å². The van der Waals surface area contributed by atoms with Gasteiger partial charge in [0, 0.05) is 27.3 Å². The standard InChI is InChI=1S/C15H25N3O3.HI/c1-16-15(17-9-4-11-19-2)18-10-12-21-14-7-5-13(20-3)6-8-14;/h5-8H,4,9-12H2,1-3H3,(H2,16,17,18);1H. The average Bonchev–Trinajstić information content (AvgIpc) is 2.54. The van der Waals surface area contributed by atoms with E-state index in [0.29, 0.717) is 13.2 Å². The lowest BCUT2D eigenvalue weighted by molar-refractivity contribution is 0.195. The van der Waals surface area contributed by atoms with Crippen LogP contribution in [0.15, 0.2) is 29.3 Å². The van der Waals surface area contributed by atoms with Crippen molar-refractivity contribution in [1.29, 1.82) is 0 Å². The van der Waals surface area contributed by atoms with Gasteiger partial charge in [-0.1, -0.05) is 0 Å². The lowest BCUT2D eigenvalue weighted by Gasteiger charge is -2.12. The van der Waals surface area contributed by atoms with Crippen LogP contribution in [0.3, 0.4) is 0 Å². The van der Waals surface area contributed by atoms with Crippen LogP contribution in [0.2, 0.25) is 0 Å². The first kappa shape index (κ1) is 20.8. The summed E-state index contributed by atoms with van der Waals surface area (Å²) in [5.74, 6) is 2.41. The highest BCUT2D eigenvalue weighted by atomic mass is 127. The maximum Gasteiger partial charge on any atom is 0.191 e. The van der Waals surface area contributed by atoms with E-state index >= 15 is 0 Å². The van der Waals surface area contributed by atoms with E-state index in [9.17, 15) is 0 Å². The molecule has 0 radical (unpaired) electrons. The van der Waals surface area contributed by atoms with Crippen LogP contribution in [-0.4, -0.2) is 53.5 Å². The van der Waals surface area contributed by atoms with Crippen molar-refractivity contribution >= 4 is 29.9 Å². The van der Waals surface area contributed by atoms with E-state index in [-0.39, 0.29) is 24.0 Å². The summed E-state index contributed by atoms with van der Waals surface area (Å²) >= 11 is 0. The number of hydrogen-bond acceptors (Lipinski definition) is 4. The fraction of sp³-hybridized carbons (Fsp3) is 0.533. The van der Waals surface area contributed by atoms with E-state index in [0.717, 1.165) is 37.0 Å². The number of rotatable bonds is 9. The predicted molar refractivity (Wildman–Crippen MR) is 99.8 cm³/mol. The largest absolute Gasteiger partial charge is 0.497 e. The highest BCUT2D eigenvalue weighted by molar-refractivity contribution is 14.0. The van der Waals surface area contributed by atoms with Crippen LogP contribution in [0.4, 0.5) is 0 Å². The van der Waals surface area contributed by atoms with Gasteiger partial charge in [-0.05, 0) is 30.7 Å². The molecule has 1 rings (SSSR count). The van der Waals surface area contributed by atoms with Crippen molar-refractivity contribution in [2.24, 2.45) is 4.99 Å². The molecule has 0 saturated carbocycles. The second-order valence-electron chi connectivity index (χ2n) is 4.30. The topological polar surface area (TPSA) is 64.1 Å². The fourth-order valence-corrected chi connectivity index (χ4v) is 1.65. The molecule has 7 heteroatoms. The van der Waals surface area contributed by atoms with Crippen molar-refractivity contribution < 1.29 is 14.2 Å². The van der Waals surface area contributed by atoms with E-state index in [1.807, 2.05) is 24.3 Å². The van der Waals surface area contributed by atoms with Crippen LogP contribution in [0.5, 0.6) is 11.5 Å². The molecule has 0 aliphatic heterocycles. The Morgan fingerprint density at radius 1 is 1.00 bits per heavy atom. The van der Waals surface area contributed by atoms with Crippen LogP contribution in [0, 0.1) is 0 Å². The molecule has 0 fully saturated rings. The molecule has 0 aromatic heterocycles. The molecule has 0 saturated heterocycles. The van der Waals surface area contributed by atoms with Gasteiger partial charge in [-0.25, -0.2) is 0 Å². The van der Waals surface area contributed by atoms with E-state index in [4.69, 9.17) is 14.2 Å². The van der Waals surface area contributed by atoms with Crippen molar-refractivity contribution in [1.82, 2.24) is 10.6 Å². The lowest BCUT2D eigenvalue weighted by atomic mass is 10.3. The van der Waals surface area contributed by atoms with Gasteiger partial charge in [-0.15, -0.1) is 24.0 Å². The van der Waals surface area contributed by atoms with Crippen molar-refractivity contribution in [3.8, 4) is 11.5 Å². The summed E-state index contributed by atoms with van der Waals surface area (Å²) < 4.78 is 15.7. The number of guanidine groups is 1. The summed E-state index contributed by atoms with van der Waals surface area (Å²) in [7, 11) is 5.09. The van der Waals surface area contributed by atoms with Gasteiger partial charge in [-0.3, -0.25) is 4.99 Å². The third-order valence-corrected chi connectivity index (χ3v) is 2.76.